The number of guanidine groups is 1. The number of fused-ring (bicyclic) bond motifs is 1. The number of nitrogens with zero attached hydrogens (tertiary/aromatic N) is 4. The molecule has 4 heterocycles. The highest BCUT2D eigenvalue weighted by Gasteiger charge is 2.42. The van der Waals surface area contributed by atoms with Gasteiger partial charge in [0.25, 0.3) is 0 Å². The Hall–Kier alpha value is -1.84. The van der Waals surface area contributed by atoms with E-state index in [4.69, 9.17) is 4.99 Å². The van der Waals surface area contributed by atoms with Crippen molar-refractivity contribution in [2.45, 2.75) is 32.6 Å². The zero-order chi connectivity index (χ0) is 18.7. The van der Waals surface area contributed by atoms with Crippen molar-refractivity contribution in [3.63, 3.8) is 0 Å². The minimum atomic E-state index is 0. The van der Waals surface area contributed by atoms with Gasteiger partial charge >= 0.3 is 0 Å². The molecule has 0 aromatic carbocycles. The highest BCUT2D eigenvalue weighted by atomic mass is 127. The summed E-state index contributed by atoms with van der Waals surface area (Å²) in [6, 6.07) is 6.03. The SMILES string of the molecule is CCNC(=NCCc1cn2ccccc2n1)N1CCCC2(CNC(=O)C2)C1.I. The van der Waals surface area contributed by atoms with Crippen LogP contribution in [0.3, 0.4) is 0 Å². The molecule has 1 spiro atoms. The van der Waals surface area contributed by atoms with E-state index < -0.39 is 0 Å². The zero-order valence-electron chi connectivity index (χ0n) is 16.4. The molecule has 1 atom stereocenters. The van der Waals surface area contributed by atoms with Crippen molar-refractivity contribution < 1.29 is 4.79 Å². The summed E-state index contributed by atoms with van der Waals surface area (Å²) in [6.07, 6.45) is 7.77. The van der Waals surface area contributed by atoms with Gasteiger partial charge in [-0.2, -0.15) is 0 Å². The topological polar surface area (TPSA) is 74.0 Å². The smallest absolute Gasteiger partial charge is 0.220 e. The number of imidazole rings is 1. The van der Waals surface area contributed by atoms with E-state index in [0.29, 0.717) is 13.0 Å². The van der Waals surface area contributed by atoms with E-state index in [1.54, 1.807) is 0 Å². The average molecular weight is 496 g/mol. The molecule has 4 rings (SSSR count). The van der Waals surface area contributed by atoms with Crippen molar-refractivity contribution >= 4 is 41.5 Å². The predicted octanol–water partition coefficient (Wildman–Crippen LogP) is 2.06. The predicted molar refractivity (Wildman–Crippen MR) is 121 cm³/mol. The molecular weight excluding hydrogens is 467 g/mol. The number of likely N-dealkylation sites (tertiary alicyclic amines) is 1. The summed E-state index contributed by atoms with van der Waals surface area (Å²) in [5.41, 5.74) is 2.11. The lowest BCUT2D eigenvalue weighted by Crippen LogP contribution is -2.51. The number of rotatable bonds is 4. The normalized spacial score (nSPS) is 22.4. The first-order chi connectivity index (χ1) is 13.2. The number of pyridine rings is 1. The third kappa shape index (κ3) is 4.59. The van der Waals surface area contributed by atoms with Crippen molar-refractivity contribution in [3.05, 3.63) is 36.3 Å². The Balaban J connectivity index is 0.00000225. The Labute approximate surface area is 183 Å². The van der Waals surface area contributed by atoms with Crippen LogP contribution in [0.15, 0.2) is 35.6 Å². The molecule has 2 saturated heterocycles. The number of hydrogen-bond donors (Lipinski definition) is 2. The van der Waals surface area contributed by atoms with Crippen molar-refractivity contribution in [3.8, 4) is 0 Å². The number of piperidine rings is 1. The number of carbonyl (C=O) groups is 1. The summed E-state index contributed by atoms with van der Waals surface area (Å²) < 4.78 is 2.04. The Morgan fingerprint density at radius 1 is 1.43 bits per heavy atom. The van der Waals surface area contributed by atoms with Gasteiger partial charge in [0.2, 0.25) is 5.91 Å². The monoisotopic (exact) mass is 496 g/mol. The molecule has 152 valence electrons. The Bertz CT molecular complexity index is 817. The van der Waals surface area contributed by atoms with Gasteiger partial charge in [0.05, 0.1) is 5.69 Å². The molecule has 0 radical (unpaired) electrons. The van der Waals surface area contributed by atoms with Crippen molar-refractivity contribution in [2.75, 3.05) is 32.7 Å². The van der Waals surface area contributed by atoms with E-state index in [0.717, 1.165) is 62.7 Å². The van der Waals surface area contributed by atoms with Crippen LogP contribution in [0.2, 0.25) is 0 Å². The van der Waals surface area contributed by atoms with Gasteiger partial charge in [0.1, 0.15) is 5.65 Å². The summed E-state index contributed by atoms with van der Waals surface area (Å²) >= 11 is 0. The Morgan fingerprint density at radius 3 is 3.07 bits per heavy atom. The van der Waals surface area contributed by atoms with Gasteiger partial charge in [-0.3, -0.25) is 9.79 Å². The van der Waals surface area contributed by atoms with E-state index in [2.05, 4.69) is 33.6 Å². The van der Waals surface area contributed by atoms with Crippen LogP contribution in [0.4, 0.5) is 0 Å². The Morgan fingerprint density at radius 2 is 2.32 bits per heavy atom. The fourth-order valence-corrected chi connectivity index (χ4v) is 4.24. The number of amides is 1. The van der Waals surface area contributed by atoms with Gasteiger partial charge in [-0.05, 0) is 31.9 Å². The second-order valence-electron chi connectivity index (χ2n) is 7.66. The summed E-state index contributed by atoms with van der Waals surface area (Å²) in [5, 5.41) is 6.44. The molecule has 0 saturated carbocycles. The highest BCUT2D eigenvalue weighted by molar-refractivity contribution is 14.0. The molecule has 0 bridgehead atoms. The second kappa shape index (κ2) is 9.11. The van der Waals surface area contributed by atoms with Crippen LogP contribution < -0.4 is 10.6 Å². The van der Waals surface area contributed by atoms with Crippen LogP contribution >= 0.6 is 24.0 Å². The molecule has 2 aromatic heterocycles. The largest absolute Gasteiger partial charge is 0.357 e. The van der Waals surface area contributed by atoms with Crippen molar-refractivity contribution in [1.82, 2.24) is 24.9 Å². The maximum absolute atomic E-state index is 11.7. The third-order valence-electron chi connectivity index (χ3n) is 5.54. The van der Waals surface area contributed by atoms with Gasteiger partial charge < -0.3 is 19.9 Å². The van der Waals surface area contributed by atoms with E-state index in [-0.39, 0.29) is 35.3 Å². The molecule has 28 heavy (non-hydrogen) atoms. The van der Waals surface area contributed by atoms with Gasteiger partial charge in [0.15, 0.2) is 5.96 Å². The number of halogens is 1. The zero-order valence-corrected chi connectivity index (χ0v) is 18.7. The lowest BCUT2D eigenvalue weighted by Gasteiger charge is -2.40. The first kappa shape index (κ1) is 20.9. The van der Waals surface area contributed by atoms with E-state index >= 15 is 0 Å². The quantitative estimate of drug-likeness (QED) is 0.386. The number of aromatic nitrogens is 2. The molecule has 8 heteroatoms. The number of hydrogen-bond acceptors (Lipinski definition) is 3. The molecule has 1 unspecified atom stereocenters. The number of nitrogens with one attached hydrogen (secondary N) is 2. The lowest BCUT2D eigenvalue weighted by molar-refractivity contribution is -0.119. The van der Waals surface area contributed by atoms with Crippen LogP contribution in [-0.2, 0) is 11.2 Å². The molecule has 2 aliphatic rings. The van der Waals surface area contributed by atoms with E-state index in [9.17, 15) is 4.79 Å². The minimum Gasteiger partial charge on any atom is -0.357 e. The Kier molecular flexibility index (Phi) is 6.79. The fraction of sp³-hybridized carbons (Fsp3) is 0.550. The second-order valence-corrected chi connectivity index (χ2v) is 7.66. The fourth-order valence-electron chi connectivity index (χ4n) is 4.24. The van der Waals surface area contributed by atoms with Crippen LogP contribution in [0.25, 0.3) is 5.65 Å². The van der Waals surface area contributed by atoms with Crippen LogP contribution in [0.5, 0.6) is 0 Å². The summed E-state index contributed by atoms with van der Waals surface area (Å²) in [6.45, 7) is 6.32. The first-order valence-corrected chi connectivity index (χ1v) is 9.90. The molecule has 2 aliphatic heterocycles. The molecule has 1 amide bonds. The molecule has 2 fully saturated rings. The molecule has 0 aliphatic carbocycles. The summed E-state index contributed by atoms with van der Waals surface area (Å²) in [7, 11) is 0. The lowest BCUT2D eigenvalue weighted by atomic mass is 9.79. The van der Waals surface area contributed by atoms with Gasteiger partial charge in [0, 0.05) is 63.4 Å². The highest BCUT2D eigenvalue weighted by Crippen LogP contribution is 2.35. The summed E-state index contributed by atoms with van der Waals surface area (Å²) in [5.74, 6) is 1.14. The molecule has 2 aromatic rings. The third-order valence-corrected chi connectivity index (χ3v) is 5.54. The molecular formula is C20H29IN6O. The summed E-state index contributed by atoms with van der Waals surface area (Å²) in [4.78, 5) is 23.6. The van der Waals surface area contributed by atoms with E-state index in [1.807, 2.05) is 28.8 Å². The molecule has 2 N–H and O–H groups in total. The van der Waals surface area contributed by atoms with Crippen LogP contribution in [0, 0.1) is 5.41 Å². The molecule has 7 nitrogen and oxygen atoms in total. The van der Waals surface area contributed by atoms with E-state index in [1.165, 1.54) is 0 Å². The van der Waals surface area contributed by atoms with Gasteiger partial charge in [-0.25, -0.2) is 4.98 Å². The van der Waals surface area contributed by atoms with Crippen molar-refractivity contribution in [2.24, 2.45) is 10.4 Å². The van der Waals surface area contributed by atoms with Gasteiger partial charge in [-0.15, -0.1) is 24.0 Å². The standard InChI is InChI=1S/C20H28N6O.HI/c1-2-21-19(26-11-5-8-20(15-26)12-18(27)23-14-20)22-9-7-16-13-25-10-4-3-6-17(25)24-16;/h3-4,6,10,13H,2,5,7-9,11-12,14-15H2,1H3,(H,21,22)(H,23,27);1H. The maximum atomic E-state index is 11.7. The number of carbonyl (C=O) groups excluding carboxylic acids is 1. The van der Waals surface area contributed by atoms with Gasteiger partial charge in [-0.1, -0.05) is 6.07 Å². The first-order valence-electron chi connectivity index (χ1n) is 9.90. The maximum Gasteiger partial charge on any atom is 0.220 e. The van der Waals surface area contributed by atoms with Crippen LogP contribution in [-0.4, -0.2) is 58.9 Å². The minimum absolute atomic E-state index is 0. The van der Waals surface area contributed by atoms with Crippen molar-refractivity contribution in [1.29, 1.82) is 0 Å². The average Bonchev–Trinajstić information content (AvgIpc) is 3.24. The van der Waals surface area contributed by atoms with Crippen LogP contribution in [0.1, 0.15) is 31.9 Å². The number of aliphatic imine (C=N–C) groups is 1.